The third-order valence-electron chi connectivity index (χ3n) is 3.41. The maximum Gasteiger partial charge on any atom is 0.329 e. The number of para-hydroxylation sites is 1. The van der Waals surface area contributed by atoms with Crippen molar-refractivity contribution in [3.8, 4) is 5.75 Å². The summed E-state index contributed by atoms with van der Waals surface area (Å²) in [5.74, 6) is 0.226. The van der Waals surface area contributed by atoms with Gasteiger partial charge in [-0.15, -0.1) is 0 Å². The van der Waals surface area contributed by atoms with Crippen molar-refractivity contribution in [3.63, 3.8) is 0 Å². The third kappa shape index (κ3) is 4.44. The van der Waals surface area contributed by atoms with Crippen LogP contribution in [0.1, 0.15) is 37.7 Å². The summed E-state index contributed by atoms with van der Waals surface area (Å²) in [6, 6.07) is 7.13. The van der Waals surface area contributed by atoms with E-state index in [0.717, 1.165) is 18.4 Å². The van der Waals surface area contributed by atoms with E-state index in [4.69, 9.17) is 0 Å². The summed E-state index contributed by atoms with van der Waals surface area (Å²) in [5.41, 5.74) is 6.15. The van der Waals surface area contributed by atoms with Gasteiger partial charge in [0.1, 0.15) is 5.75 Å². The number of phenols is 1. The van der Waals surface area contributed by atoms with Gasteiger partial charge in [0.15, 0.2) is 0 Å². The van der Waals surface area contributed by atoms with Crippen molar-refractivity contribution in [2.75, 3.05) is 0 Å². The van der Waals surface area contributed by atoms with Crippen LogP contribution in [0.15, 0.2) is 24.3 Å². The lowest BCUT2D eigenvalue weighted by Gasteiger charge is -2.22. The maximum absolute atomic E-state index is 11.6. The zero-order valence-corrected chi connectivity index (χ0v) is 11.0. The SMILES string of the molecule is O=C(NNCc1ccccc1O)NC1CCCCC1. The Morgan fingerprint density at radius 1 is 1.21 bits per heavy atom. The molecule has 0 unspecified atom stereocenters. The maximum atomic E-state index is 11.6. The van der Waals surface area contributed by atoms with E-state index in [9.17, 15) is 9.90 Å². The summed E-state index contributed by atoms with van der Waals surface area (Å²) < 4.78 is 0. The average Bonchev–Trinajstić information content (AvgIpc) is 2.42. The Bertz CT molecular complexity index is 417. The quantitative estimate of drug-likeness (QED) is 0.628. The predicted octanol–water partition coefficient (Wildman–Crippen LogP) is 2.03. The minimum absolute atomic E-state index is 0.206. The van der Waals surface area contributed by atoms with Crippen LogP contribution in [-0.2, 0) is 6.54 Å². The van der Waals surface area contributed by atoms with Crippen molar-refractivity contribution in [3.05, 3.63) is 29.8 Å². The zero-order chi connectivity index (χ0) is 13.5. The number of rotatable bonds is 4. The van der Waals surface area contributed by atoms with Gasteiger partial charge in [-0.3, -0.25) is 5.43 Å². The minimum Gasteiger partial charge on any atom is -0.508 e. The van der Waals surface area contributed by atoms with Crippen LogP contribution in [0, 0.1) is 0 Å². The predicted molar refractivity (Wildman–Crippen MR) is 73.5 cm³/mol. The van der Waals surface area contributed by atoms with Gasteiger partial charge in [0.05, 0.1) is 0 Å². The van der Waals surface area contributed by atoms with Gasteiger partial charge in [-0.25, -0.2) is 10.2 Å². The Hall–Kier alpha value is -1.75. The van der Waals surface area contributed by atoms with Crippen molar-refractivity contribution < 1.29 is 9.90 Å². The molecule has 2 amide bonds. The van der Waals surface area contributed by atoms with Gasteiger partial charge in [-0.05, 0) is 18.9 Å². The molecule has 0 aromatic heterocycles. The molecule has 1 fully saturated rings. The van der Waals surface area contributed by atoms with Crippen LogP contribution in [-0.4, -0.2) is 17.2 Å². The molecule has 1 aliphatic carbocycles. The molecule has 1 aliphatic rings. The second-order valence-corrected chi connectivity index (χ2v) is 4.92. The number of hydrogen-bond acceptors (Lipinski definition) is 3. The highest BCUT2D eigenvalue weighted by Gasteiger charge is 2.15. The molecule has 104 valence electrons. The Balaban J connectivity index is 1.67. The average molecular weight is 263 g/mol. The van der Waals surface area contributed by atoms with Crippen LogP contribution in [0.3, 0.4) is 0 Å². The molecule has 0 saturated heterocycles. The van der Waals surface area contributed by atoms with Gasteiger partial charge in [-0.1, -0.05) is 37.5 Å². The van der Waals surface area contributed by atoms with E-state index in [1.807, 2.05) is 12.1 Å². The van der Waals surface area contributed by atoms with Gasteiger partial charge >= 0.3 is 6.03 Å². The van der Waals surface area contributed by atoms with Crippen molar-refractivity contribution in [1.82, 2.24) is 16.2 Å². The highest BCUT2D eigenvalue weighted by atomic mass is 16.3. The molecule has 2 rings (SSSR count). The fourth-order valence-corrected chi connectivity index (χ4v) is 2.35. The lowest BCUT2D eigenvalue weighted by molar-refractivity contribution is 0.228. The van der Waals surface area contributed by atoms with Crippen molar-refractivity contribution in [2.24, 2.45) is 0 Å². The monoisotopic (exact) mass is 263 g/mol. The molecule has 0 heterocycles. The fourth-order valence-electron chi connectivity index (χ4n) is 2.35. The van der Waals surface area contributed by atoms with Crippen LogP contribution in [0.5, 0.6) is 5.75 Å². The number of hydrogen-bond donors (Lipinski definition) is 4. The highest BCUT2D eigenvalue weighted by molar-refractivity contribution is 5.73. The lowest BCUT2D eigenvalue weighted by Crippen LogP contribution is -2.48. The first-order valence-corrected chi connectivity index (χ1v) is 6.82. The Morgan fingerprint density at radius 3 is 2.68 bits per heavy atom. The molecule has 5 nitrogen and oxygen atoms in total. The molecular weight excluding hydrogens is 242 g/mol. The molecule has 0 spiro atoms. The Kier molecular flexibility index (Phi) is 5.03. The third-order valence-corrected chi connectivity index (χ3v) is 3.41. The van der Waals surface area contributed by atoms with E-state index in [-0.39, 0.29) is 11.8 Å². The van der Waals surface area contributed by atoms with Crippen LogP contribution >= 0.6 is 0 Å². The van der Waals surface area contributed by atoms with Crippen LogP contribution in [0.4, 0.5) is 4.79 Å². The molecule has 19 heavy (non-hydrogen) atoms. The largest absolute Gasteiger partial charge is 0.508 e. The highest BCUT2D eigenvalue weighted by Crippen LogP contribution is 2.17. The van der Waals surface area contributed by atoms with Crippen LogP contribution < -0.4 is 16.2 Å². The van der Waals surface area contributed by atoms with Gasteiger partial charge < -0.3 is 10.4 Å². The first kappa shape index (κ1) is 13.7. The number of aromatic hydroxyl groups is 1. The fraction of sp³-hybridized carbons (Fsp3) is 0.500. The number of urea groups is 1. The summed E-state index contributed by atoms with van der Waals surface area (Å²) in [5, 5.41) is 12.5. The Labute approximate surface area is 113 Å². The van der Waals surface area contributed by atoms with Gasteiger partial charge in [-0.2, -0.15) is 0 Å². The van der Waals surface area contributed by atoms with Crippen LogP contribution in [0.25, 0.3) is 0 Å². The zero-order valence-electron chi connectivity index (χ0n) is 11.0. The summed E-state index contributed by atoms with van der Waals surface area (Å²) in [7, 11) is 0. The van der Waals surface area contributed by atoms with E-state index in [0.29, 0.717) is 12.6 Å². The molecule has 1 aromatic rings. The molecule has 4 N–H and O–H groups in total. The summed E-state index contributed by atoms with van der Waals surface area (Å²) in [4.78, 5) is 11.6. The number of nitrogens with one attached hydrogen (secondary N) is 3. The second kappa shape index (κ2) is 6.99. The van der Waals surface area contributed by atoms with E-state index in [1.165, 1.54) is 19.3 Å². The van der Waals surface area contributed by atoms with Crippen molar-refractivity contribution in [1.29, 1.82) is 0 Å². The molecule has 1 saturated carbocycles. The number of carbonyl (C=O) groups is 1. The van der Waals surface area contributed by atoms with E-state index in [2.05, 4.69) is 16.2 Å². The minimum atomic E-state index is -0.206. The molecule has 0 radical (unpaired) electrons. The molecule has 0 bridgehead atoms. The first-order chi connectivity index (χ1) is 9.25. The van der Waals surface area contributed by atoms with E-state index >= 15 is 0 Å². The smallest absolute Gasteiger partial charge is 0.329 e. The molecule has 1 aromatic carbocycles. The summed E-state index contributed by atoms with van der Waals surface area (Å²) >= 11 is 0. The summed E-state index contributed by atoms with van der Waals surface area (Å²) in [6.07, 6.45) is 5.78. The second-order valence-electron chi connectivity index (χ2n) is 4.92. The normalized spacial score (nSPS) is 16.0. The van der Waals surface area contributed by atoms with E-state index < -0.39 is 0 Å². The molecule has 0 atom stereocenters. The standard InChI is InChI=1S/C14H21N3O2/c18-13-9-5-4-6-11(13)10-15-17-14(19)16-12-7-2-1-3-8-12/h4-6,9,12,15,18H,1-3,7-8,10H2,(H2,16,17,19). The number of amides is 2. The Morgan fingerprint density at radius 2 is 1.95 bits per heavy atom. The van der Waals surface area contributed by atoms with E-state index in [1.54, 1.807) is 12.1 Å². The van der Waals surface area contributed by atoms with Crippen LogP contribution in [0.2, 0.25) is 0 Å². The van der Waals surface area contributed by atoms with Crippen molar-refractivity contribution >= 4 is 6.03 Å². The van der Waals surface area contributed by atoms with Crippen molar-refractivity contribution in [2.45, 2.75) is 44.7 Å². The number of benzene rings is 1. The molecule has 5 heteroatoms. The molecular formula is C14H21N3O2. The summed E-state index contributed by atoms with van der Waals surface area (Å²) in [6.45, 7) is 0.394. The number of phenolic OH excluding ortho intramolecular Hbond substituents is 1. The lowest BCUT2D eigenvalue weighted by atomic mass is 9.96. The number of hydrazine groups is 1. The molecule has 0 aliphatic heterocycles. The van der Waals surface area contributed by atoms with Gasteiger partial charge in [0.2, 0.25) is 0 Å². The van der Waals surface area contributed by atoms with Gasteiger partial charge in [0.25, 0.3) is 0 Å². The first-order valence-electron chi connectivity index (χ1n) is 6.82. The van der Waals surface area contributed by atoms with Gasteiger partial charge in [0, 0.05) is 18.2 Å². The number of carbonyl (C=O) groups excluding carboxylic acids is 1. The topological polar surface area (TPSA) is 73.4 Å².